The Kier molecular flexibility index (Phi) is 3.25. The van der Waals surface area contributed by atoms with Crippen LogP contribution in [-0.4, -0.2) is 12.1 Å². The summed E-state index contributed by atoms with van der Waals surface area (Å²) < 4.78 is 0. The van der Waals surface area contributed by atoms with Gasteiger partial charge in [-0.3, -0.25) is 4.84 Å². The molecule has 0 rings (SSSR count). The van der Waals surface area contributed by atoms with Crippen LogP contribution >= 0.6 is 0 Å². The van der Waals surface area contributed by atoms with E-state index in [9.17, 15) is 4.79 Å². The predicted octanol–water partition coefficient (Wildman–Crippen LogP) is -0.392. The van der Waals surface area contributed by atoms with Gasteiger partial charge < -0.3 is 5.73 Å². The average molecular weight is 128 g/mol. The van der Waals surface area contributed by atoms with Crippen molar-refractivity contribution in [3.8, 4) is 12.3 Å². The summed E-state index contributed by atoms with van der Waals surface area (Å²) >= 11 is 0. The Morgan fingerprint density at radius 1 is 2.00 bits per heavy atom. The second-order valence-corrected chi connectivity index (χ2v) is 1.39. The molecule has 0 aliphatic rings. The first-order chi connectivity index (χ1) is 4.16. The third kappa shape index (κ3) is 4.65. The number of nitrogens with one attached hydrogen (secondary N) is 1. The number of nitrogens with two attached hydrogens (primary N) is 1. The van der Waals surface area contributed by atoms with Gasteiger partial charge in [0.2, 0.25) is 0 Å². The smallest absolute Gasteiger partial charge is 0.336 e. The fourth-order valence-corrected chi connectivity index (χ4v) is 0.180. The Morgan fingerprint density at radius 3 is 2.89 bits per heavy atom. The molecule has 0 heterocycles. The van der Waals surface area contributed by atoms with Gasteiger partial charge in [-0.2, -0.15) is 0 Å². The van der Waals surface area contributed by atoms with Crippen LogP contribution in [0.5, 0.6) is 0 Å². The van der Waals surface area contributed by atoms with Gasteiger partial charge in [-0.15, -0.1) is 6.42 Å². The van der Waals surface area contributed by atoms with E-state index in [1.165, 1.54) is 0 Å². The summed E-state index contributed by atoms with van der Waals surface area (Å²) in [5, 5.41) is 0. The molecular weight excluding hydrogens is 120 g/mol. The SMILES string of the molecule is C#CC(C)ONC(N)=O. The van der Waals surface area contributed by atoms with E-state index in [1.807, 2.05) is 5.48 Å². The second-order valence-electron chi connectivity index (χ2n) is 1.39. The van der Waals surface area contributed by atoms with E-state index < -0.39 is 12.1 Å². The van der Waals surface area contributed by atoms with E-state index in [0.29, 0.717) is 0 Å². The molecule has 2 amide bonds. The fourth-order valence-electron chi connectivity index (χ4n) is 0.180. The normalized spacial score (nSPS) is 11.6. The monoisotopic (exact) mass is 128 g/mol. The maximum atomic E-state index is 9.94. The fraction of sp³-hybridized carbons (Fsp3) is 0.400. The van der Waals surface area contributed by atoms with Crippen molar-refractivity contribution in [1.82, 2.24) is 5.48 Å². The minimum Gasteiger partial charge on any atom is -0.350 e. The van der Waals surface area contributed by atoms with Gasteiger partial charge in [0.1, 0.15) is 6.10 Å². The maximum Gasteiger partial charge on any atom is 0.336 e. The van der Waals surface area contributed by atoms with Gasteiger partial charge in [0.15, 0.2) is 0 Å². The molecule has 1 atom stereocenters. The van der Waals surface area contributed by atoms with Gasteiger partial charge in [0.25, 0.3) is 0 Å². The Morgan fingerprint density at radius 2 is 2.56 bits per heavy atom. The summed E-state index contributed by atoms with van der Waals surface area (Å²) in [7, 11) is 0. The van der Waals surface area contributed by atoms with Crippen LogP contribution in [0.4, 0.5) is 4.79 Å². The highest BCUT2D eigenvalue weighted by atomic mass is 16.7. The molecule has 0 fully saturated rings. The minimum atomic E-state index is -0.753. The van der Waals surface area contributed by atoms with Gasteiger partial charge in [-0.1, -0.05) is 5.92 Å². The van der Waals surface area contributed by atoms with Gasteiger partial charge in [0.05, 0.1) is 0 Å². The zero-order valence-corrected chi connectivity index (χ0v) is 5.05. The van der Waals surface area contributed by atoms with E-state index in [1.54, 1.807) is 6.92 Å². The molecular formula is C5H8N2O2. The number of amides is 2. The Labute approximate surface area is 53.3 Å². The number of hydrogen-bond acceptors (Lipinski definition) is 2. The lowest BCUT2D eigenvalue weighted by molar-refractivity contribution is 0.0388. The lowest BCUT2D eigenvalue weighted by Crippen LogP contribution is -2.32. The molecule has 0 aromatic rings. The molecule has 0 saturated heterocycles. The number of rotatable bonds is 2. The summed E-state index contributed by atoms with van der Waals surface area (Å²) in [6.07, 6.45) is 4.44. The number of urea groups is 1. The number of carbonyl (C=O) groups excluding carboxylic acids is 1. The molecule has 1 unspecified atom stereocenters. The molecule has 0 bridgehead atoms. The Hall–Kier alpha value is -1.21. The van der Waals surface area contributed by atoms with Crippen LogP contribution in [0.25, 0.3) is 0 Å². The highest BCUT2D eigenvalue weighted by molar-refractivity contribution is 5.70. The van der Waals surface area contributed by atoms with Crippen molar-refractivity contribution in [3.63, 3.8) is 0 Å². The van der Waals surface area contributed by atoms with E-state index >= 15 is 0 Å². The third-order valence-corrected chi connectivity index (χ3v) is 0.571. The average Bonchev–Trinajstić information content (AvgIpc) is 1.83. The van der Waals surface area contributed by atoms with Crippen molar-refractivity contribution in [2.24, 2.45) is 5.73 Å². The van der Waals surface area contributed by atoms with Crippen molar-refractivity contribution in [3.05, 3.63) is 0 Å². The maximum absolute atomic E-state index is 9.94. The molecule has 4 nitrogen and oxygen atoms in total. The summed E-state index contributed by atoms with van der Waals surface area (Å²) in [6, 6.07) is -0.753. The first-order valence-corrected chi connectivity index (χ1v) is 2.34. The standard InChI is InChI=1S/C5H8N2O2/c1-3-4(2)9-7-5(6)8/h1,4H,2H3,(H3,6,7,8). The van der Waals surface area contributed by atoms with E-state index in [2.05, 4.69) is 16.5 Å². The molecule has 9 heavy (non-hydrogen) atoms. The Bertz CT molecular complexity index is 138. The lowest BCUT2D eigenvalue weighted by atomic mass is 10.4. The van der Waals surface area contributed by atoms with Crippen molar-refractivity contribution in [2.45, 2.75) is 13.0 Å². The van der Waals surface area contributed by atoms with Crippen molar-refractivity contribution in [2.75, 3.05) is 0 Å². The molecule has 4 heteroatoms. The first kappa shape index (κ1) is 7.79. The topological polar surface area (TPSA) is 64.3 Å². The molecule has 0 spiro atoms. The van der Waals surface area contributed by atoms with Gasteiger partial charge in [-0.05, 0) is 6.92 Å². The van der Waals surface area contributed by atoms with Gasteiger partial charge in [-0.25, -0.2) is 10.3 Å². The number of hydrogen-bond donors (Lipinski definition) is 2. The molecule has 0 saturated carbocycles. The highest BCUT2D eigenvalue weighted by Crippen LogP contribution is 1.80. The predicted molar refractivity (Wildman–Crippen MR) is 32.1 cm³/mol. The van der Waals surface area contributed by atoms with Crippen LogP contribution in [-0.2, 0) is 4.84 Å². The van der Waals surface area contributed by atoms with Crippen LogP contribution in [0.1, 0.15) is 6.92 Å². The lowest BCUT2D eigenvalue weighted by Gasteiger charge is -2.03. The summed E-state index contributed by atoms with van der Waals surface area (Å²) in [5.41, 5.74) is 6.54. The number of primary amides is 1. The summed E-state index contributed by atoms with van der Waals surface area (Å²) in [5.74, 6) is 2.23. The molecule has 3 N–H and O–H groups in total. The first-order valence-electron chi connectivity index (χ1n) is 2.34. The molecule has 0 aromatic carbocycles. The van der Waals surface area contributed by atoms with Crippen LogP contribution in [0, 0.1) is 12.3 Å². The molecule has 0 aliphatic heterocycles. The Balaban J connectivity index is 3.30. The highest BCUT2D eigenvalue weighted by Gasteiger charge is 1.95. The quantitative estimate of drug-likeness (QED) is 0.393. The van der Waals surface area contributed by atoms with Crippen LogP contribution in [0.3, 0.4) is 0 Å². The van der Waals surface area contributed by atoms with Crippen molar-refractivity contribution < 1.29 is 9.63 Å². The zero-order chi connectivity index (χ0) is 7.28. The van der Waals surface area contributed by atoms with Crippen molar-refractivity contribution in [1.29, 1.82) is 0 Å². The second kappa shape index (κ2) is 3.75. The number of hydroxylamine groups is 1. The van der Waals surface area contributed by atoms with E-state index in [0.717, 1.165) is 0 Å². The largest absolute Gasteiger partial charge is 0.350 e. The number of terminal acetylenes is 1. The van der Waals surface area contributed by atoms with Crippen molar-refractivity contribution >= 4 is 6.03 Å². The third-order valence-electron chi connectivity index (χ3n) is 0.571. The summed E-state index contributed by atoms with van der Waals surface area (Å²) in [4.78, 5) is 14.4. The minimum absolute atomic E-state index is 0.447. The van der Waals surface area contributed by atoms with Crippen LogP contribution in [0.15, 0.2) is 0 Å². The molecule has 0 aromatic heterocycles. The van der Waals surface area contributed by atoms with Gasteiger partial charge in [0, 0.05) is 0 Å². The molecule has 50 valence electrons. The zero-order valence-electron chi connectivity index (χ0n) is 5.05. The molecule has 0 aliphatic carbocycles. The number of carbonyl (C=O) groups is 1. The van der Waals surface area contributed by atoms with Crippen LogP contribution < -0.4 is 11.2 Å². The van der Waals surface area contributed by atoms with E-state index in [4.69, 9.17) is 6.42 Å². The van der Waals surface area contributed by atoms with Gasteiger partial charge >= 0.3 is 6.03 Å². The summed E-state index contributed by atoms with van der Waals surface area (Å²) in [6.45, 7) is 1.61. The van der Waals surface area contributed by atoms with Crippen LogP contribution in [0.2, 0.25) is 0 Å². The van der Waals surface area contributed by atoms with E-state index in [-0.39, 0.29) is 0 Å². The molecule has 0 radical (unpaired) electrons.